The molecule has 2 amide bonds. The number of nitrogens with zero attached hydrogens (tertiary/aromatic N) is 2. The first kappa shape index (κ1) is 20.0. The molecule has 34 heavy (non-hydrogen) atoms. The van der Waals surface area contributed by atoms with E-state index in [0.29, 0.717) is 24.6 Å². The van der Waals surface area contributed by atoms with Crippen molar-refractivity contribution in [3.63, 3.8) is 0 Å². The van der Waals surface area contributed by atoms with Crippen LogP contribution < -0.4 is 10.1 Å². The molecule has 2 spiro atoms. The Kier molecular flexibility index (Phi) is 3.80. The molecule has 180 valence electrons. The maximum absolute atomic E-state index is 13.7. The Morgan fingerprint density at radius 1 is 1.15 bits per heavy atom. The molecule has 6 fully saturated rings. The normalized spacial score (nSPS) is 41.6. The van der Waals surface area contributed by atoms with Crippen LogP contribution in [0.1, 0.15) is 62.5 Å². The first-order chi connectivity index (χ1) is 16.5. The maximum atomic E-state index is 13.7. The van der Waals surface area contributed by atoms with Crippen molar-refractivity contribution in [2.75, 3.05) is 19.6 Å². The number of benzene rings is 1. The third-order valence-corrected chi connectivity index (χ3v) is 10.8. The molecule has 3 aliphatic carbocycles. The van der Waals surface area contributed by atoms with Gasteiger partial charge in [0.15, 0.2) is 11.5 Å². The number of phenolic OH excluding ortho intramolecular Hbond substituents is 1. The summed E-state index contributed by atoms with van der Waals surface area (Å²) in [5, 5.41) is 13.8. The van der Waals surface area contributed by atoms with Gasteiger partial charge in [-0.25, -0.2) is 0 Å². The minimum absolute atomic E-state index is 0.00555. The fourth-order valence-corrected chi connectivity index (χ4v) is 9.26. The van der Waals surface area contributed by atoms with Gasteiger partial charge in [0.25, 0.3) is 0 Å². The largest absolute Gasteiger partial charge is 0.504 e. The number of carbonyl (C=O) groups is 2. The molecule has 9 rings (SSSR count). The van der Waals surface area contributed by atoms with Gasteiger partial charge in [-0.2, -0.15) is 0 Å². The van der Waals surface area contributed by atoms with E-state index >= 15 is 0 Å². The van der Waals surface area contributed by atoms with Crippen molar-refractivity contribution in [3.8, 4) is 11.5 Å². The number of phenols is 1. The highest BCUT2D eigenvalue weighted by atomic mass is 16.5. The van der Waals surface area contributed by atoms with Crippen LogP contribution >= 0.6 is 0 Å². The van der Waals surface area contributed by atoms with E-state index < -0.39 is 6.04 Å². The zero-order chi connectivity index (χ0) is 22.8. The second kappa shape index (κ2) is 6.48. The number of likely N-dealkylation sites (tertiary alicyclic amines) is 1. The van der Waals surface area contributed by atoms with Gasteiger partial charge in [-0.05, 0) is 75.5 Å². The highest BCUT2D eigenvalue weighted by Gasteiger charge is 2.74. The highest BCUT2D eigenvalue weighted by molar-refractivity contribution is 5.91. The first-order valence-corrected chi connectivity index (χ1v) is 13.4. The molecule has 2 saturated carbocycles. The van der Waals surface area contributed by atoms with E-state index in [-0.39, 0.29) is 40.5 Å². The second-order valence-corrected chi connectivity index (χ2v) is 12.1. The zero-order valence-electron chi connectivity index (χ0n) is 19.6. The lowest BCUT2D eigenvalue weighted by Gasteiger charge is -2.66. The summed E-state index contributed by atoms with van der Waals surface area (Å²) in [5.41, 5.74) is 2.56. The topological polar surface area (TPSA) is 82.1 Å². The van der Waals surface area contributed by atoms with E-state index in [1.165, 1.54) is 30.5 Å². The molecule has 0 radical (unpaired) electrons. The summed E-state index contributed by atoms with van der Waals surface area (Å²) in [6, 6.07) is 4.01. The van der Waals surface area contributed by atoms with Gasteiger partial charge < -0.3 is 20.1 Å². The van der Waals surface area contributed by atoms with Crippen molar-refractivity contribution in [2.45, 2.75) is 87.4 Å². The minimum atomic E-state index is -0.403. The van der Waals surface area contributed by atoms with Crippen LogP contribution in [0.3, 0.4) is 0 Å². The highest BCUT2D eigenvalue weighted by Crippen LogP contribution is 2.71. The van der Waals surface area contributed by atoms with Crippen LogP contribution in [0.2, 0.25) is 0 Å². The van der Waals surface area contributed by atoms with E-state index in [4.69, 9.17) is 4.74 Å². The number of hydrogen-bond acceptors (Lipinski definition) is 5. The van der Waals surface area contributed by atoms with Gasteiger partial charge in [-0.15, -0.1) is 0 Å². The van der Waals surface area contributed by atoms with Crippen LogP contribution in [-0.4, -0.2) is 70.6 Å². The van der Waals surface area contributed by atoms with Crippen LogP contribution in [0, 0.1) is 11.3 Å². The lowest BCUT2D eigenvalue weighted by Crippen LogP contribution is -2.73. The molecule has 5 aliphatic heterocycles. The number of nitrogens with one attached hydrogen (secondary N) is 1. The van der Waals surface area contributed by atoms with Crippen molar-refractivity contribution in [3.05, 3.63) is 23.3 Å². The fraction of sp³-hybridized carbons (Fsp3) is 0.704. The summed E-state index contributed by atoms with van der Waals surface area (Å²) in [5.74, 6) is 1.83. The van der Waals surface area contributed by atoms with E-state index in [2.05, 4.69) is 21.2 Å². The Balaban J connectivity index is 1.27. The molecular formula is C27H33N3O4. The summed E-state index contributed by atoms with van der Waals surface area (Å²) >= 11 is 0. The Bertz CT molecular complexity index is 1120. The molecule has 1 aromatic carbocycles. The Labute approximate surface area is 199 Å². The summed E-state index contributed by atoms with van der Waals surface area (Å²) in [6.45, 7) is 3.03. The van der Waals surface area contributed by atoms with Crippen LogP contribution in [0.5, 0.6) is 11.5 Å². The molecule has 6 atom stereocenters. The SMILES string of the molecule is O=C1CC[C@H](C(=O)N2CC[C@@]34CC[C@@H]2[C@@H]2Oc5c(O)ccc6c5[C@@]23CCN(CC2CC2)[C@@H]4C6)N1. The molecule has 8 aliphatic rings. The predicted molar refractivity (Wildman–Crippen MR) is 124 cm³/mol. The smallest absolute Gasteiger partial charge is 0.245 e. The summed E-state index contributed by atoms with van der Waals surface area (Å²) < 4.78 is 6.76. The Morgan fingerprint density at radius 3 is 2.82 bits per heavy atom. The number of carbonyl (C=O) groups excluding carboxylic acids is 2. The molecular weight excluding hydrogens is 430 g/mol. The van der Waals surface area contributed by atoms with E-state index in [1.54, 1.807) is 0 Å². The molecule has 4 bridgehead atoms. The number of aromatic hydroxyl groups is 1. The van der Waals surface area contributed by atoms with Crippen molar-refractivity contribution in [1.82, 2.24) is 15.1 Å². The van der Waals surface area contributed by atoms with Crippen molar-refractivity contribution < 1.29 is 19.4 Å². The van der Waals surface area contributed by atoms with Gasteiger partial charge in [0, 0.05) is 41.9 Å². The Hall–Kier alpha value is -2.28. The lowest BCUT2D eigenvalue weighted by atomic mass is 9.42. The van der Waals surface area contributed by atoms with Crippen molar-refractivity contribution in [1.29, 1.82) is 0 Å². The van der Waals surface area contributed by atoms with Gasteiger partial charge in [0.2, 0.25) is 11.8 Å². The molecule has 7 nitrogen and oxygen atoms in total. The van der Waals surface area contributed by atoms with Gasteiger partial charge in [0.1, 0.15) is 12.1 Å². The lowest BCUT2D eigenvalue weighted by molar-refractivity contribution is -0.146. The first-order valence-electron chi connectivity index (χ1n) is 13.4. The molecule has 0 aromatic heterocycles. The fourth-order valence-electron chi connectivity index (χ4n) is 9.26. The van der Waals surface area contributed by atoms with Crippen LogP contribution in [0.25, 0.3) is 0 Å². The standard InChI is InChI=1S/C27H33N3O4/c31-19-5-3-16-13-20-26-8-7-18(30(12-9-26)25(33)17-4-6-21(32)28-17)24-27(26,22(16)23(19)34-24)10-11-29(20)14-15-1-2-15/h3,5,15,17-18,20,24,31H,1-2,4,6-14H2,(H,28,32)/t17-,18-,20-,24+,26-,27+/m1/s1. The van der Waals surface area contributed by atoms with Crippen LogP contribution in [0.4, 0.5) is 0 Å². The Morgan fingerprint density at radius 2 is 2.03 bits per heavy atom. The quantitative estimate of drug-likeness (QED) is 0.718. The third-order valence-electron chi connectivity index (χ3n) is 10.8. The number of amides is 2. The van der Waals surface area contributed by atoms with E-state index in [1.807, 2.05) is 6.07 Å². The van der Waals surface area contributed by atoms with E-state index in [0.717, 1.165) is 51.1 Å². The summed E-state index contributed by atoms with van der Waals surface area (Å²) in [7, 11) is 0. The molecule has 7 heteroatoms. The van der Waals surface area contributed by atoms with Gasteiger partial charge in [0.05, 0.1) is 6.04 Å². The maximum Gasteiger partial charge on any atom is 0.245 e. The number of piperidine rings is 1. The number of fused-ring (bicyclic) bond motifs is 3. The number of hydrogen-bond donors (Lipinski definition) is 2. The second-order valence-electron chi connectivity index (χ2n) is 12.1. The summed E-state index contributed by atoms with van der Waals surface area (Å²) in [6.07, 6.45) is 8.73. The molecule has 4 saturated heterocycles. The monoisotopic (exact) mass is 463 g/mol. The van der Waals surface area contributed by atoms with Gasteiger partial charge >= 0.3 is 0 Å². The van der Waals surface area contributed by atoms with E-state index in [9.17, 15) is 14.7 Å². The van der Waals surface area contributed by atoms with Gasteiger partial charge in [-0.1, -0.05) is 6.07 Å². The third kappa shape index (κ3) is 2.28. The molecule has 1 aromatic rings. The minimum Gasteiger partial charge on any atom is -0.504 e. The average molecular weight is 464 g/mol. The van der Waals surface area contributed by atoms with Gasteiger partial charge in [-0.3, -0.25) is 14.5 Å². The molecule has 5 heterocycles. The molecule has 0 unspecified atom stereocenters. The number of ether oxygens (including phenoxy) is 1. The van der Waals surface area contributed by atoms with Crippen molar-refractivity contribution >= 4 is 11.8 Å². The number of rotatable bonds is 3. The van der Waals surface area contributed by atoms with Crippen LogP contribution in [-0.2, 0) is 21.4 Å². The van der Waals surface area contributed by atoms with Crippen LogP contribution in [0.15, 0.2) is 12.1 Å². The summed E-state index contributed by atoms with van der Waals surface area (Å²) in [4.78, 5) is 30.5. The predicted octanol–water partition coefficient (Wildman–Crippen LogP) is 2.09. The average Bonchev–Trinajstić information content (AvgIpc) is 3.50. The zero-order valence-corrected chi connectivity index (χ0v) is 19.6. The van der Waals surface area contributed by atoms with Crippen molar-refractivity contribution in [2.24, 2.45) is 11.3 Å². The molecule has 2 N–H and O–H groups in total.